The van der Waals surface area contributed by atoms with Crippen molar-refractivity contribution in [2.24, 2.45) is 0 Å². The summed E-state index contributed by atoms with van der Waals surface area (Å²) in [6.07, 6.45) is 1.50. The highest BCUT2D eigenvalue weighted by Crippen LogP contribution is 2.19. The van der Waals surface area contributed by atoms with Crippen LogP contribution in [-0.4, -0.2) is 47.7 Å². The molecule has 0 aliphatic carbocycles. The molecular formula is C12H22N4O3S. The molecule has 0 aromatic carbocycles. The van der Waals surface area contributed by atoms with E-state index in [2.05, 4.69) is 15.5 Å². The van der Waals surface area contributed by atoms with Crippen molar-refractivity contribution >= 4 is 16.0 Å². The molecule has 0 radical (unpaired) electrons. The third-order valence-corrected chi connectivity index (χ3v) is 5.38. The summed E-state index contributed by atoms with van der Waals surface area (Å²) >= 11 is 0. The Morgan fingerprint density at radius 2 is 2.05 bits per heavy atom. The Labute approximate surface area is 119 Å². The van der Waals surface area contributed by atoms with Gasteiger partial charge in [-0.05, 0) is 19.8 Å². The number of hydrogen-bond donors (Lipinski definition) is 1. The van der Waals surface area contributed by atoms with Crippen molar-refractivity contribution in [3.63, 3.8) is 0 Å². The predicted octanol–water partition coefficient (Wildman–Crippen LogP) is 1.42. The van der Waals surface area contributed by atoms with Crippen molar-refractivity contribution in [2.45, 2.75) is 45.6 Å². The first-order valence-corrected chi connectivity index (χ1v) is 8.61. The molecule has 1 fully saturated rings. The van der Waals surface area contributed by atoms with E-state index in [1.165, 1.54) is 0 Å². The molecule has 1 aromatic rings. The largest absolute Gasteiger partial charge is 0.335 e. The lowest BCUT2D eigenvalue weighted by Crippen LogP contribution is -2.42. The van der Waals surface area contributed by atoms with Crippen LogP contribution in [0.15, 0.2) is 4.52 Å². The van der Waals surface area contributed by atoms with E-state index in [1.807, 2.05) is 13.8 Å². The highest BCUT2D eigenvalue weighted by Gasteiger charge is 2.27. The Kier molecular flexibility index (Phi) is 4.64. The second-order valence-corrected chi connectivity index (χ2v) is 7.59. The van der Waals surface area contributed by atoms with Crippen LogP contribution in [0.25, 0.3) is 0 Å². The summed E-state index contributed by atoms with van der Waals surface area (Å²) in [5, 5.41) is 7.08. The maximum atomic E-state index is 11.8. The van der Waals surface area contributed by atoms with Gasteiger partial charge in [-0.2, -0.15) is 4.98 Å². The van der Waals surface area contributed by atoms with Crippen LogP contribution in [0.2, 0.25) is 0 Å². The smallest absolute Gasteiger partial charge is 0.321 e. The minimum atomic E-state index is -3.07. The average Bonchev–Trinajstić information content (AvgIpc) is 2.88. The molecule has 1 aliphatic rings. The third-order valence-electron chi connectivity index (χ3n) is 3.50. The first-order chi connectivity index (χ1) is 9.42. The quantitative estimate of drug-likeness (QED) is 0.885. The van der Waals surface area contributed by atoms with Crippen LogP contribution in [0.3, 0.4) is 0 Å². The van der Waals surface area contributed by atoms with E-state index in [9.17, 15) is 8.42 Å². The van der Waals surface area contributed by atoms with Crippen LogP contribution in [0.5, 0.6) is 0 Å². The number of piperidine rings is 1. The Bertz CT molecular complexity index is 533. The van der Waals surface area contributed by atoms with E-state index < -0.39 is 10.0 Å². The van der Waals surface area contributed by atoms with E-state index in [-0.39, 0.29) is 17.7 Å². The predicted molar refractivity (Wildman–Crippen MR) is 76.1 cm³/mol. The van der Waals surface area contributed by atoms with E-state index >= 15 is 0 Å². The van der Waals surface area contributed by atoms with Crippen LogP contribution >= 0.6 is 0 Å². The highest BCUT2D eigenvalue weighted by molar-refractivity contribution is 7.89. The van der Waals surface area contributed by atoms with E-state index in [0.29, 0.717) is 24.9 Å². The first kappa shape index (κ1) is 15.2. The van der Waals surface area contributed by atoms with Gasteiger partial charge in [0, 0.05) is 25.0 Å². The van der Waals surface area contributed by atoms with E-state index in [0.717, 1.165) is 12.8 Å². The molecule has 1 aromatic heterocycles. The lowest BCUT2D eigenvalue weighted by atomic mass is 10.1. The Morgan fingerprint density at radius 3 is 2.55 bits per heavy atom. The number of sulfonamides is 1. The lowest BCUT2D eigenvalue weighted by molar-refractivity contribution is 0.324. The van der Waals surface area contributed by atoms with Gasteiger partial charge in [-0.25, -0.2) is 12.7 Å². The summed E-state index contributed by atoms with van der Waals surface area (Å²) in [5.74, 6) is 1.07. The van der Waals surface area contributed by atoms with Crippen molar-refractivity contribution < 1.29 is 12.9 Å². The van der Waals surface area contributed by atoms with Gasteiger partial charge in [0.2, 0.25) is 10.0 Å². The maximum absolute atomic E-state index is 11.8. The van der Waals surface area contributed by atoms with Gasteiger partial charge in [0.1, 0.15) is 0 Å². The summed E-state index contributed by atoms with van der Waals surface area (Å²) in [5.41, 5.74) is 0. The van der Waals surface area contributed by atoms with Crippen molar-refractivity contribution in [1.29, 1.82) is 0 Å². The van der Waals surface area contributed by atoms with Gasteiger partial charge >= 0.3 is 6.01 Å². The number of nitrogens with one attached hydrogen (secondary N) is 1. The molecule has 2 heterocycles. The minimum Gasteiger partial charge on any atom is -0.335 e. The zero-order valence-corrected chi connectivity index (χ0v) is 13.0. The first-order valence-electron chi connectivity index (χ1n) is 7.00. The van der Waals surface area contributed by atoms with Gasteiger partial charge in [-0.15, -0.1) is 0 Å². The molecule has 0 saturated carbocycles. The lowest BCUT2D eigenvalue weighted by Gasteiger charge is -2.30. The monoisotopic (exact) mass is 302 g/mol. The van der Waals surface area contributed by atoms with Gasteiger partial charge in [-0.3, -0.25) is 0 Å². The molecular weight excluding hydrogens is 280 g/mol. The van der Waals surface area contributed by atoms with Crippen LogP contribution in [0.1, 0.15) is 45.4 Å². The molecule has 7 nitrogen and oxygen atoms in total. The second kappa shape index (κ2) is 6.09. The fourth-order valence-corrected chi connectivity index (χ4v) is 3.30. The highest BCUT2D eigenvalue weighted by atomic mass is 32.2. The topological polar surface area (TPSA) is 88.3 Å². The number of aromatic nitrogens is 2. The fourth-order valence-electron chi connectivity index (χ4n) is 2.16. The van der Waals surface area contributed by atoms with Gasteiger partial charge < -0.3 is 9.84 Å². The van der Waals surface area contributed by atoms with Crippen molar-refractivity contribution in [1.82, 2.24) is 14.4 Å². The molecule has 8 heteroatoms. The minimum absolute atomic E-state index is 0.159. The Hall–Kier alpha value is -1.15. The summed E-state index contributed by atoms with van der Waals surface area (Å²) in [6.45, 7) is 6.76. The van der Waals surface area contributed by atoms with Crippen molar-refractivity contribution in [3.05, 3.63) is 5.82 Å². The molecule has 0 spiro atoms. The summed E-state index contributed by atoms with van der Waals surface area (Å²) < 4.78 is 30.2. The van der Waals surface area contributed by atoms with Gasteiger partial charge in [0.15, 0.2) is 5.82 Å². The van der Waals surface area contributed by atoms with Gasteiger partial charge in [0.25, 0.3) is 0 Å². The molecule has 0 bridgehead atoms. The average molecular weight is 302 g/mol. The number of anilines is 1. The Morgan fingerprint density at radius 1 is 1.40 bits per heavy atom. The fraction of sp³-hybridized carbons (Fsp3) is 0.833. The molecule has 1 saturated heterocycles. The normalized spacial score (nSPS) is 18.6. The second-order valence-electron chi connectivity index (χ2n) is 5.33. The van der Waals surface area contributed by atoms with E-state index in [1.54, 1.807) is 11.2 Å². The van der Waals surface area contributed by atoms with Crippen LogP contribution < -0.4 is 5.32 Å². The SMILES string of the molecule is CCS(=O)(=O)N1CCC(Nc2nc(C(C)C)no2)CC1. The molecule has 20 heavy (non-hydrogen) atoms. The number of rotatable bonds is 5. The molecule has 114 valence electrons. The third kappa shape index (κ3) is 3.49. The Balaban J connectivity index is 1.88. The zero-order valence-electron chi connectivity index (χ0n) is 12.2. The molecule has 0 amide bonds. The molecule has 0 unspecified atom stereocenters. The maximum Gasteiger partial charge on any atom is 0.321 e. The zero-order chi connectivity index (χ0) is 14.8. The van der Waals surface area contributed by atoms with Crippen LogP contribution in [0, 0.1) is 0 Å². The summed E-state index contributed by atoms with van der Waals surface area (Å²) in [4.78, 5) is 4.27. The number of hydrogen-bond acceptors (Lipinski definition) is 6. The van der Waals surface area contributed by atoms with Crippen molar-refractivity contribution in [3.8, 4) is 0 Å². The standard InChI is InChI=1S/C12H22N4O3S/c1-4-20(17,18)16-7-5-10(6-8-16)13-12-14-11(9(2)3)15-19-12/h9-10H,4-8H2,1-3H3,(H,13,14,15). The van der Waals surface area contributed by atoms with Crippen LogP contribution in [-0.2, 0) is 10.0 Å². The molecule has 1 N–H and O–H groups in total. The molecule has 1 aliphatic heterocycles. The van der Waals surface area contributed by atoms with Crippen LogP contribution in [0.4, 0.5) is 6.01 Å². The molecule has 2 rings (SSSR count). The summed E-state index contributed by atoms with van der Waals surface area (Å²) in [6, 6.07) is 0.601. The van der Waals surface area contributed by atoms with E-state index in [4.69, 9.17) is 4.52 Å². The van der Waals surface area contributed by atoms with Gasteiger partial charge in [0.05, 0.1) is 5.75 Å². The van der Waals surface area contributed by atoms with Crippen molar-refractivity contribution in [2.75, 3.05) is 24.2 Å². The summed E-state index contributed by atoms with van der Waals surface area (Å²) in [7, 11) is -3.07. The molecule has 0 atom stereocenters. The number of nitrogens with zero attached hydrogens (tertiary/aromatic N) is 3. The van der Waals surface area contributed by atoms with Gasteiger partial charge in [-0.1, -0.05) is 19.0 Å².